The number of halogens is 1. The third-order valence-corrected chi connectivity index (χ3v) is 2.45. The molecule has 1 aromatic carbocycles. The number of rotatable bonds is 3. The zero-order valence-corrected chi connectivity index (χ0v) is 8.55. The minimum absolute atomic E-state index is 0.0465. The van der Waals surface area contributed by atoms with Crippen molar-refractivity contribution >= 4 is 0 Å². The van der Waals surface area contributed by atoms with Crippen molar-refractivity contribution in [3.05, 3.63) is 29.6 Å². The van der Waals surface area contributed by atoms with Gasteiger partial charge in [-0.3, -0.25) is 0 Å². The first-order chi connectivity index (χ1) is 6.47. The molecule has 0 spiro atoms. The lowest BCUT2D eigenvalue weighted by Gasteiger charge is -2.25. The average molecular weight is 197 g/mol. The van der Waals surface area contributed by atoms with E-state index in [4.69, 9.17) is 10.8 Å². The van der Waals surface area contributed by atoms with Gasteiger partial charge in [-0.25, -0.2) is 4.39 Å². The van der Waals surface area contributed by atoms with Crippen molar-refractivity contribution in [3.8, 4) is 5.75 Å². The molecular weight excluding hydrogens is 181 g/mol. The summed E-state index contributed by atoms with van der Waals surface area (Å²) in [5.41, 5.74) is 5.77. The first-order valence-corrected chi connectivity index (χ1v) is 4.66. The summed E-state index contributed by atoms with van der Waals surface area (Å²) in [7, 11) is 0. The predicted octanol–water partition coefficient (Wildman–Crippen LogP) is 2.16. The van der Waals surface area contributed by atoms with Gasteiger partial charge in [0.05, 0.1) is 0 Å². The van der Waals surface area contributed by atoms with Crippen LogP contribution in [0.4, 0.5) is 4.39 Å². The molecule has 0 fully saturated rings. The maximum Gasteiger partial charge on any atom is 0.130 e. The number of phenolic OH excluding ortho intramolecular Hbond substituents is 1. The molecule has 0 unspecified atom stereocenters. The topological polar surface area (TPSA) is 46.2 Å². The Bertz CT molecular complexity index is 323. The fourth-order valence-electron chi connectivity index (χ4n) is 1.55. The lowest BCUT2D eigenvalue weighted by molar-refractivity contribution is 0.441. The van der Waals surface area contributed by atoms with Crippen LogP contribution in [0.5, 0.6) is 5.75 Å². The van der Waals surface area contributed by atoms with Gasteiger partial charge in [0.25, 0.3) is 0 Å². The molecule has 3 heteroatoms. The summed E-state index contributed by atoms with van der Waals surface area (Å²) >= 11 is 0. The van der Waals surface area contributed by atoms with Crippen molar-refractivity contribution < 1.29 is 9.50 Å². The third kappa shape index (κ3) is 2.23. The number of nitrogens with two attached hydrogens (primary N) is 1. The van der Waals surface area contributed by atoms with Crippen LogP contribution in [0.2, 0.25) is 0 Å². The van der Waals surface area contributed by atoms with Gasteiger partial charge in [-0.1, -0.05) is 19.9 Å². The van der Waals surface area contributed by atoms with Crippen LogP contribution in [0.3, 0.4) is 0 Å². The number of phenols is 1. The Hall–Kier alpha value is -1.09. The maximum atomic E-state index is 13.5. The predicted molar refractivity (Wildman–Crippen MR) is 54.8 cm³/mol. The first-order valence-electron chi connectivity index (χ1n) is 4.66. The summed E-state index contributed by atoms with van der Waals surface area (Å²) in [6.45, 7) is 4.40. The van der Waals surface area contributed by atoms with Crippen molar-refractivity contribution in [3.63, 3.8) is 0 Å². The number of hydrogen-bond donors (Lipinski definition) is 2. The molecule has 0 saturated carbocycles. The van der Waals surface area contributed by atoms with Crippen LogP contribution in [0, 0.1) is 5.82 Å². The highest BCUT2D eigenvalue weighted by Crippen LogP contribution is 2.30. The van der Waals surface area contributed by atoms with E-state index >= 15 is 0 Å². The van der Waals surface area contributed by atoms with Gasteiger partial charge in [-0.2, -0.15) is 0 Å². The fourth-order valence-corrected chi connectivity index (χ4v) is 1.55. The van der Waals surface area contributed by atoms with E-state index in [9.17, 15) is 4.39 Å². The highest BCUT2D eigenvalue weighted by molar-refractivity contribution is 5.32. The Balaban J connectivity index is 3.06. The average Bonchev–Trinajstić information content (AvgIpc) is 2.02. The maximum absolute atomic E-state index is 13.5. The molecular formula is C11H16FNO. The lowest BCUT2D eigenvalue weighted by atomic mass is 9.81. The Morgan fingerprint density at radius 1 is 1.43 bits per heavy atom. The number of benzene rings is 1. The van der Waals surface area contributed by atoms with E-state index in [0.29, 0.717) is 18.5 Å². The molecule has 0 amide bonds. The van der Waals surface area contributed by atoms with E-state index in [1.807, 2.05) is 13.8 Å². The summed E-state index contributed by atoms with van der Waals surface area (Å²) in [5.74, 6) is -0.418. The SMILES string of the molecule is CC(C)(CCN)c1ccc(O)cc1F. The molecule has 78 valence electrons. The van der Waals surface area contributed by atoms with Crippen molar-refractivity contribution in [2.24, 2.45) is 5.73 Å². The van der Waals surface area contributed by atoms with Crippen molar-refractivity contribution in [1.82, 2.24) is 0 Å². The minimum Gasteiger partial charge on any atom is -0.508 e. The molecule has 1 aromatic rings. The van der Waals surface area contributed by atoms with Crippen molar-refractivity contribution in [1.29, 1.82) is 0 Å². The summed E-state index contributed by atoms with van der Waals surface area (Å²) in [5, 5.41) is 9.07. The van der Waals surface area contributed by atoms with Gasteiger partial charge in [0, 0.05) is 6.07 Å². The van der Waals surface area contributed by atoms with Gasteiger partial charge >= 0.3 is 0 Å². The molecule has 0 radical (unpaired) electrons. The first kappa shape index (κ1) is 11.0. The van der Waals surface area contributed by atoms with Crippen LogP contribution in [-0.4, -0.2) is 11.7 Å². The molecule has 2 nitrogen and oxygen atoms in total. The largest absolute Gasteiger partial charge is 0.508 e. The normalized spacial score (nSPS) is 11.7. The molecule has 0 saturated heterocycles. The second-order valence-corrected chi connectivity index (χ2v) is 4.09. The van der Waals surface area contributed by atoms with E-state index in [0.717, 1.165) is 6.07 Å². The molecule has 0 aromatic heterocycles. The third-order valence-electron chi connectivity index (χ3n) is 2.45. The van der Waals surface area contributed by atoms with E-state index < -0.39 is 0 Å². The molecule has 14 heavy (non-hydrogen) atoms. The lowest BCUT2D eigenvalue weighted by Crippen LogP contribution is -2.22. The number of hydrogen-bond acceptors (Lipinski definition) is 2. The summed E-state index contributed by atoms with van der Waals surface area (Å²) < 4.78 is 13.5. The van der Waals surface area contributed by atoms with Crippen LogP contribution in [0.25, 0.3) is 0 Å². The van der Waals surface area contributed by atoms with Crippen LogP contribution >= 0.6 is 0 Å². The fraction of sp³-hybridized carbons (Fsp3) is 0.455. The van der Waals surface area contributed by atoms with Gasteiger partial charge in [-0.05, 0) is 30.0 Å². The molecule has 0 bridgehead atoms. The number of aromatic hydroxyl groups is 1. The zero-order chi connectivity index (χ0) is 10.8. The van der Waals surface area contributed by atoms with Gasteiger partial charge < -0.3 is 10.8 Å². The Labute approximate surface area is 83.6 Å². The summed E-state index contributed by atoms with van der Waals surface area (Å²) in [4.78, 5) is 0. The van der Waals surface area contributed by atoms with Gasteiger partial charge in [0.15, 0.2) is 0 Å². The highest BCUT2D eigenvalue weighted by Gasteiger charge is 2.23. The molecule has 0 aliphatic heterocycles. The Morgan fingerprint density at radius 3 is 2.57 bits per heavy atom. The van der Waals surface area contributed by atoms with E-state index in [1.165, 1.54) is 6.07 Å². The summed E-state index contributed by atoms with van der Waals surface area (Å²) in [6.07, 6.45) is 0.717. The molecule has 0 heterocycles. The second-order valence-electron chi connectivity index (χ2n) is 4.09. The van der Waals surface area contributed by atoms with Gasteiger partial charge in [-0.15, -0.1) is 0 Å². The van der Waals surface area contributed by atoms with Crippen molar-refractivity contribution in [2.75, 3.05) is 6.54 Å². The standard InChI is InChI=1S/C11H16FNO/c1-11(2,5-6-13)9-4-3-8(14)7-10(9)12/h3-4,7,14H,5-6,13H2,1-2H3. The van der Waals surface area contributed by atoms with Gasteiger partial charge in [0.1, 0.15) is 11.6 Å². The molecule has 0 atom stereocenters. The Morgan fingerprint density at radius 2 is 2.07 bits per heavy atom. The quantitative estimate of drug-likeness (QED) is 0.780. The van der Waals surface area contributed by atoms with Gasteiger partial charge in [0.2, 0.25) is 0 Å². The monoisotopic (exact) mass is 197 g/mol. The van der Waals surface area contributed by atoms with Crippen LogP contribution in [-0.2, 0) is 5.41 Å². The minimum atomic E-state index is -0.372. The van der Waals surface area contributed by atoms with E-state index in [1.54, 1.807) is 6.07 Å². The van der Waals surface area contributed by atoms with Crippen LogP contribution in [0.15, 0.2) is 18.2 Å². The molecule has 0 aliphatic carbocycles. The van der Waals surface area contributed by atoms with Crippen LogP contribution < -0.4 is 5.73 Å². The molecule has 1 rings (SSSR count). The summed E-state index contributed by atoms with van der Waals surface area (Å²) in [6, 6.07) is 4.24. The smallest absolute Gasteiger partial charge is 0.130 e. The molecule has 3 N–H and O–H groups in total. The highest BCUT2D eigenvalue weighted by atomic mass is 19.1. The Kier molecular flexibility index (Phi) is 3.11. The van der Waals surface area contributed by atoms with Crippen LogP contribution in [0.1, 0.15) is 25.8 Å². The van der Waals surface area contributed by atoms with Crippen molar-refractivity contribution in [2.45, 2.75) is 25.7 Å². The second kappa shape index (κ2) is 3.96. The molecule has 0 aliphatic rings. The van der Waals surface area contributed by atoms with E-state index in [-0.39, 0.29) is 17.0 Å². The van der Waals surface area contributed by atoms with E-state index in [2.05, 4.69) is 0 Å². The zero-order valence-electron chi connectivity index (χ0n) is 8.55.